The molecule has 1 aromatic carbocycles. The first-order valence-electron chi connectivity index (χ1n) is 7.74. The lowest BCUT2D eigenvalue weighted by Crippen LogP contribution is -2.47. The van der Waals surface area contributed by atoms with Gasteiger partial charge < -0.3 is 15.2 Å². The molecule has 1 rings (SSSR count). The summed E-state index contributed by atoms with van der Waals surface area (Å²) in [6.45, 7) is 2.75. The van der Waals surface area contributed by atoms with E-state index in [2.05, 4.69) is 15.3 Å². The van der Waals surface area contributed by atoms with Gasteiger partial charge in [-0.25, -0.2) is 9.18 Å². The minimum absolute atomic E-state index is 0.0472. The Labute approximate surface area is 144 Å². The van der Waals surface area contributed by atoms with Gasteiger partial charge >= 0.3 is 5.97 Å². The number of ether oxygens (including phenoxy) is 1. The van der Waals surface area contributed by atoms with E-state index >= 15 is 0 Å². The molecule has 2 N–H and O–H groups in total. The molecule has 0 radical (unpaired) electrons. The molecule has 0 fully saturated rings. The first-order chi connectivity index (χ1) is 11.9. The number of halogens is 1. The van der Waals surface area contributed by atoms with Crippen molar-refractivity contribution in [3.05, 3.63) is 40.3 Å². The van der Waals surface area contributed by atoms with Crippen molar-refractivity contribution in [1.29, 1.82) is 0 Å². The van der Waals surface area contributed by atoms with Crippen molar-refractivity contribution in [3.8, 4) is 5.75 Å². The van der Waals surface area contributed by atoms with E-state index in [0.717, 1.165) is 0 Å². The zero-order valence-electron chi connectivity index (χ0n) is 14.1. The number of hydrogen-bond donors (Lipinski definition) is 2. The van der Waals surface area contributed by atoms with Crippen molar-refractivity contribution < 1.29 is 23.8 Å². The van der Waals surface area contributed by atoms with Gasteiger partial charge in [0.2, 0.25) is 5.91 Å². The molecule has 0 aliphatic carbocycles. The van der Waals surface area contributed by atoms with Crippen LogP contribution in [0.1, 0.15) is 19.4 Å². The SMILES string of the molecule is CC(C)[C@H](N=[N+]=[N-])C(=O)NC(Cc1ccc(OCCF)cc1)C(=O)O. The molecule has 0 saturated carbocycles. The molecular formula is C16H21FN4O4. The topological polar surface area (TPSA) is 124 Å². The minimum Gasteiger partial charge on any atom is -0.491 e. The number of hydrogen-bond acceptors (Lipinski definition) is 4. The Bertz CT molecular complexity index is 630. The molecule has 0 aliphatic heterocycles. The molecule has 0 bridgehead atoms. The molecule has 8 nitrogen and oxygen atoms in total. The van der Waals surface area contributed by atoms with Gasteiger partial charge in [0.05, 0.1) is 0 Å². The quantitative estimate of drug-likeness (QED) is 0.381. The van der Waals surface area contributed by atoms with Crippen molar-refractivity contribution in [1.82, 2.24) is 5.32 Å². The zero-order chi connectivity index (χ0) is 18.8. The summed E-state index contributed by atoms with van der Waals surface area (Å²) in [5.74, 6) is -1.63. The van der Waals surface area contributed by atoms with E-state index < -0.39 is 30.6 Å². The van der Waals surface area contributed by atoms with Crippen LogP contribution < -0.4 is 10.1 Å². The van der Waals surface area contributed by atoms with Crippen molar-refractivity contribution in [2.75, 3.05) is 13.3 Å². The maximum absolute atomic E-state index is 12.2. The summed E-state index contributed by atoms with van der Waals surface area (Å²) < 4.78 is 17.2. The number of carboxylic acid groups (broad SMARTS) is 1. The second-order valence-electron chi connectivity index (χ2n) is 5.68. The van der Waals surface area contributed by atoms with Crippen LogP contribution in [0.4, 0.5) is 4.39 Å². The van der Waals surface area contributed by atoms with Gasteiger partial charge in [-0.15, -0.1) is 0 Å². The summed E-state index contributed by atoms with van der Waals surface area (Å²) in [5, 5.41) is 15.1. The summed E-state index contributed by atoms with van der Waals surface area (Å²) >= 11 is 0. The summed E-state index contributed by atoms with van der Waals surface area (Å²) in [6.07, 6.45) is 0.0472. The predicted molar refractivity (Wildman–Crippen MR) is 89.0 cm³/mol. The lowest BCUT2D eigenvalue weighted by Gasteiger charge is -2.19. The molecule has 0 aromatic heterocycles. The molecule has 2 atom stereocenters. The molecule has 0 heterocycles. The highest BCUT2D eigenvalue weighted by Crippen LogP contribution is 2.14. The Morgan fingerprint density at radius 3 is 2.48 bits per heavy atom. The summed E-state index contributed by atoms with van der Waals surface area (Å²) in [7, 11) is 0. The molecule has 9 heteroatoms. The van der Waals surface area contributed by atoms with E-state index in [0.29, 0.717) is 11.3 Å². The normalized spacial score (nSPS) is 12.8. The van der Waals surface area contributed by atoms with Gasteiger partial charge in [-0.05, 0) is 29.1 Å². The summed E-state index contributed by atoms with van der Waals surface area (Å²) in [6, 6.07) is 4.33. The second kappa shape index (κ2) is 10.1. The van der Waals surface area contributed by atoms with Gasteiger partial charge in [0.15, 0.2) is 0 Å². The zero-order valence-corrected chi connectivity index (χ0v) is 14.1. The van der Waals surface area contributed by atoms with Crippen molar-refractivity contribution in [3.63, 3.8) is 0 Å². The largest absolute Gasteiger partial charge is 0.491 e. The number of carbonyl (C=O) groups is 2. The Balaban J connectivity index is 2.78. The number of alkyl halides is 1. The first-order valence-corrected chi connectivity index (χ1v) is 7.74. The van der Waals surface area contributed by atoms with Crippen molar-refractivity contribution in [2.24, 2.45) is 11.0 Å². The molecule has 1 amide bonds. The van der Waals surface area contributed by atoms with E-state index in [4.69, 9.17) is 10.3 Å². The van der Waals surface area contributed by atoms with Crippen LogP contribution >= 0.6 is 0 Å². The lowest BCUT2D eigenvalue weighted by atomic mass is 10.0. The molecule has 0 spiro atoms. The second-order valence-corrected chi connectivity index (χ2v) is 5.68. The highest BCUT2D eigenvalue weighted by atomic mass is 19.1. The predicted octanol–water partition coefficient (Wildman–Crippen LogP) is 2.48. The van der Waals surface area contributed by atoms with Crippen LogP contribution in [0.3, 0.4) is 0 Å². The van der Waals surface area contributed by atoms with Gasteiger partial charge in [0.1, 0.15) is 31.1 Å². The average molecular weight is 352 g/mol. The first kappa shape index (κ1) is 20.2. The third-order valence-electron chi connectivity index (χ3n) is 3.40. The fraction of sp³-hybridized carbons (Fsp3) is 0.500. The van der Waals surface area contributed by atoms with Crippen LogP contribution in [-0.2, 0) is 16.0 Å². The number of azide groups is 1. The fourth-order valence-electron chi connectivity index (χ4n) is 2.12. The van der Waals surface area contributed by atoms with E-state index in [9.17, 15) is 19.1 Å². The molecular weight excluding hydrogens is 331 g/mol. The molecule has 25 heavy (non-hydrogen) atoms. The highest BCUT2D eigenvalue weighted by Gasteiger charge is 2.26. The number of rotatable bonds is 10. The third-order valence-corrected chi connectivity index (χ3v) is 3.40. The number of amides is 1. The Kier molecular flexibility index (Phi) is 8.22. The van der Waals surface area contributed by atoms with Gasteiger partial charge in [-0.2, -0.15) is 0 Å². The van der Waals surface area contributed by atoms with E-state index in [-0.39, 0.29) is 18.9 Å². The van der Waals surface area contributed by atoms with Gasteiger partial charge in [-0.1, -0.05) is 31.1 Å². The molecule has 1 aromatic rings. The maximum Gasteiger partial charge on any atom is 0.326 e. The number of benzene rings is 1. The number of aliphatic carboxylic acids is 1. The van der Waals surface area contributed by atoms with Crippen LogP contribution in [0.5, 0.6) is 5.75 Å². The van der Waals surface area contributed by atoms with Crippen LogP contribution in [0, 0.1) is 5.92 Å². The minimum atomic E-state index is -1.20. The Hall–Kier alpha value is -2.80. The van der Waals surface area contributed by atoms with Crippen LogP contribution in [0.2, 0.25) is 0 Å². The highest BCUT2D eigenvalue weighted by molar-refractivity contribution is 5.87. The average Bonchev–Trinajstić information content (AvgIpc) is 2.57. The van der Waals surface area contributed by atoms with E-state index in [1.165, 1.54) is 0 Å². The Morgan fingerprint density at radius 2 is 2.00 bits per heavy atom. The monoisotopic (exact) mass is 352 g/mol. The number of carbonyl (C=O) groups excluding carboxylic acids is 1. The fourth-order valence-corrected chi connectivity index (χ4v) is 2.12. The van der Waals surface area contributed by atoms with Crippen LogP contribution in [0.15, 0.2) is 29.4 Å². The molecule has 136 valence electrons. The number of nitrogens with zero attached hydrogens (tertiary/aromatic N) is 3. The van der Waals surface area contributed by atoms with E-state index in [1.54, 1.807) is 38.1 Å². The third kappa shape index (κ3) is 6.68. The number of carboxylic acids is 1. The number of nitrogens with one attached hydrogen (secondary N) is 1. The van der Waals surface area contributed by atoms with Crippen molar-refractivity contribution in [2.45, 2.75) is 32.4 Å². The van der Waals surface area contributed by atoms with Crippen molar-refractivity contribution >= 4 is 11.9 Å². The smallest absolute Gasteiger partial charge is 0.326 e. The molecule has 0 saturated heterocycles. The van der Waals surface area contributed by atoms with Crippen LogP contribution in [-0.4, -0.2) is 42.3 Å². The maximum atomic E-state index is 12.2. The molecule has 0 aliphatic rings. The summed E-state index contributed by atoms with van der Waals surface area (Å²) in [4.78, 5) is 26.2. The van der Waals surface area contributed by atoms with Gasteiger partial charge in [0.25, 0.3) is 0 Å². The standard InChI is InChI=1S/C16H21FN4O4/c1-10(2)14(20-21-18)15(22)19-13(16(23)24)9-11-3-5-12(6-4-11)25-8-7-17/h3-6,10,13-14H,7-9H2,1-2H3,(H,19,22)(H,23,24)/t13?,14-/m0/s1. The van der Waals surface area contributed by atoms with Gasteiger partial charge in [-0.3, -0.25) is 4.79 Å². The Morgan fingerprint density at radius 1 is 1.36 bits per heavy atom. The molecule has 1 unspecified atom stereocenters. The van der Waals surface area contributed by atoms with Gasteiger partial charge in [0, 0.05) is 11.3 Å². The van der Waals surface area contributed by atoms with Crippen LogP contribution in [0.25, 0.3) is 10.4 Å². The summed E-state index contributed by atoms with van der Waals surface area (Å²) in [5.41, 5.74) is 9.18. The van der Waals surface area contributed by atoms with E-state index in [1.807, 2.05) is 0 Å². The lowest BCUT2D eigenvalue weighted by molar-refractivity contribution is -0.142.